The first-order valence-corrected chi connectivity index (χ1v) is 12.4. The van der Waals surface area contributed by atoms with Gasteiger partial charge in [-0.2, -0.15) is 0 Å². The van der Waals surface area contributed by atoms with Gasteiger partial charge in [0.05, 0.1) is 12.8 Å². The fourth-order valence-electron chi connectivity index (χ4n) is 4.31. The molecule has 1 heterocycles. The summed E-state index contributed by atoms with van der Waals surface area (Å²) in [6.45, 7) is 6.35. The van der Waals surface area contributed by atoms with E-state index in [9.17, 15) is 4.79 Å². The highest BCUT2D eigenvalue weighted by atomic mass is 16.5. The lowest BCUT2D eigenvalue weighted by molar-refractivity contribution is 0.0952. The van der Waals surface area contributed by atoms with E-state index in [2.05, 4.69) is 27.2 Å². The monoisotopic (exact) mass is 473 g/mol. The number of rotatable bonds is 11. The zero-order valence-corrected chi connectivity index (χ0v) is 20.5. The van der Waals surface area contributed by atoms with Crippen molar-refractivity contribution in [2.24, 2.45) is 0 Å². The van der Waals surface area contributed by atoms with E-state index < -0.39 is 0 Å². The lowest BCUT2D eigenvalue weighted by atomic mass is 10.2. The van der Waals surface area contributed by atoms with Crippen LogP contribution in [-0.2, 0) is 6.61 Å². The number of ether oxygens (including phenoxy) is 2. The quantitative estimate of drug-likeness (QED) is 0.412. The largest absolute Gasteiger partial charge is 0.495 e. The highest BCUT2D eigenvalue weighted by Crippen LogP contribution is 2.28. The maximum absolute atomic E-state index is 12.4. The summed E-state index contributed by atoms with van der Waals surface area (Å²) >= 11 is 0. The third-order valence-corrected chi connectivity index (χ3v) is 6.35. The van der Waals surface area contributed by atoms with Gasteiger partial charge in [0.2, 0.25) is 0 Å². The van der Waals surface area contributed by atoms with Gasteiger partial charge < -0.3 is 19.7 Å². The van der Waals surface area contributed by atoms with Crippen LogP contribution >= 0.6 is 0 Å². The Morgan fingerprint density at radius 3 is 2.31 bits per heavy atom. The molecule has 1 aliphatic heterocycles. The number of methoxy groups -OCH3 is 1. The van der Waals surface area contributed by atoms with Crippen molar-refractivity contribution in [3.05, 3.63) is 90.0 Å². The molecule has 1 N–H and O–H groups in total. The first-order chi connectivity index (χ1) is 17.2. The number of benzene rings is 3. The average Bonchev–Trinajstić information content (AvgIpc) is 2.93. The van der Waals surface area contributed by atoms with Crippen molar-refractivity contribution in [3.8, 4) is 11.5 Å². The predicted molar refractivity (Wildman–Crippen MR) is 140 cm³/mol. The molecule has 0 spiro atoms. The number of hydrogen-bond acceptors (Lipinski definition) is 5. The summed E-state index contributed by atoms with van der Waals surface area (Å²) in [7, 11) is 1.73. The van der Waals surface area contributed by atoms with E-state index in [1.165, 1.54) is 5.69 Å². The van der Waals surface area contributed by atoms with E-state index in [0.29, 0.717) is 18.7 Å². The van der Waals surface area contributed by atoms with Gasteiger partial charge in [0.1, 0.15) is 18.1 Å². The molecule has 0 radical (unpaired) electrons. The van der Waals surface area contributed by atoms with Gasteiger partial charge in [-0.1, -0.05) is 42.5 Å². The van der Waals surface area contributed by atoms with Crippen molar-refractivity contribution < 1.29 is 14.3 Å². The first kappa shape index (κ1) is 24.6. The van der Waals surface area contributed by atoms with Gasteiger partial charge in [-0.15, -0.1) is 0 Å². The third-order valence-electron chi connectivity index (χ3n) is 6.35. The first-order valence-electron chi connectivity index (χ1n) is 12.4. The number of unbranched alkanes of at least 4 members (excludes halogenated alkanes) is 1. The number of nitrogens with one attached hydrogen (secondary N) is 1. The van der Waals surface area contributed by atoms with Crippen molar-refractivity contribution in [3.63, 3.8) is 0 Å². The zero-order chi connectivity index (χ0) is 24.3. The molecule has 6 nitrogen and oxygen atoms in total. The Bertz CT molecular complexity index is 1050. The molecule has 3 aromatic rings. The van der Waals surface area contributed by atoms with E-state index in [1.807, 2.05) is 66.7 Å². The molecule has 4 rings (SSSR count). The fraction of sp³-hybridized carbons (Fsp3) is 0.345. The van der Waals surface area contributed by atoms with E-state index in [1.54, 1.807) is 7.11 Å². The number of carbonyl (C=O) groups excluding carboxylic acids is 1. The smallest absolute Gasteiger partial charge is 0.251 e. The summed E-state index contributed by atoms with van der Waals surface area (Å²) in [4.78, 5) is 17.3. The average molecular weight is 474 g/mol. The molecule has 184 valence electrons. The van der Waals surface area contributed by atoms with Crippen LogP contribution in [0.2, 0.25) is 0 Å². The second kappa shape index (κ2) is 12.8. The highest BCUT2D eigenvalue weighted by molar-refractivity contribution is 5.94. The molecule has 0 aromatic heterocycles. The predicted octanol–water partition coefficient (Wildman–Crippen LogP) is 4.61. The molecular formula is C29H35N3O3. The number of nitrogens with zero attached hydrogens (tertiary/aromatic N) is 2. The Labute approximate surface area is 208 Å². The summed E-state index contributed by atoms with van der Waals surface area (Å²) in [6, 6.07) is 25.6. The van der Waals surface area contributed by atoms with Gasteiger partial charge in [-0.25, -0.2) is 0 Å². The minimum absolute atomic E-state index is 0.0370. The van der Waals surface area contributed by atoms with E-state index in [-0.39, 0.29) is 5.91 Å². The number of piperazine rings is 1. The number of anilines is 1. The normalized spacial score (nSPS) is 13.9. The highest BCUT2D eigenvalue weighted by Gasteiger charge is 2.19. The van der Waals surface area contributed by atoms with Crippen LogP contribution in [0.25, 0.3) is 0 Å². The van der Waals surface area contributed by atoms with Crippen molar-refractivity contribution in [1.82, 2.24) is 10.2 Å². The SMILES string of the molecule is COc1ccccc1N1CCN(CCCCNC(=O)c2ccc(OCc3ccccc3)cc2)CC1. The second-order valence-corrected chi connectivity index (χ2v) is 8.76. The second-order valence-electron chi connectivity index (χ2n) is 8.76. The van der Waals surface area contributed by atoms with Crippen LogP contribution in [0.3, 0.4) is 0 Å². The van der Waals surface area contributed by atoms with Crippen LogP contribution in [0.1, 0.15) is 28.8 Å². The topological polar surface area (TPSA) is 54.0 Å². The van der Waals surface area contributed by atoms with Gasteiger partial charge >= 0.3 is 0 Å². The molecule has 0 saturated carbocycles. The van der Waals surface area contributed by atoms with Crippen molar-refractivity contribution in [1.29, 1.82) is 0 Å². The summed E-state index contributed by atoms with van der Waals surface area (Å²) in [6.07, 6.45) is 2.04. The maximum Gasteiger partial charge on any atom is 0.251 e. The van der Waals surface area contributed by atoms with Crippen molar-refractivity contribution >= 4 is 11.6 Å². The summed E-state index contributed by atoms with van der Waals surface area (Å²) in [5.41, 5.74) is 2.95. The van der Waals surface area contributed by atoms with Gasteiger partial charge in [0.25, 0.3) is 5.91 Å². The Kier molecular flexibility index (Phi) is 9.01. The molecule has 1 fully saturated rings. The number of para-hydroxylation sites is 2. The van der Waals surface area contributed by atoms with E-state index in [4.69, 9.17) is 9.47 Å². The van der Waals surface area contributed by atoms with E-state index >= 15 is 0 Å². The fourth-order valence-corrected chi connectivity index (χ4v) is 4.31. The van der Waals surface area contributed by atoms with Gasteiger partial charge in [-0.05, 0) is 61.3 Å². The van der Waals surface area contributed by atoms with Crippen LogP contribution in [0.4, 0.5) is 5.69 Å². The Morgan fingerprint density at radius 1 is 0.857 bits per heavy atom. The minimum atomic E-state index is -0.0370. The standard InChI is InChI=1S/C29H35N3O3/c1-34-28-12-6-5-11-27(28)32-21-19-31(20-22-32)18-8-7-17-30-29(33)25-13-15-26(16-14-25)35-23-24-9-3-2-4-10-24/h2-6,9-16H,7-8,17-23H2,1H3,(H,30,33). The van der Waals surface area contributed by atoms with Gasteiger partial charge in [0, 0.05) is 38.3 Å². The van der Waals surface area contributed by atoms with E-state index in [0.717, 1.165) is 62.6 Å². The molecule has 0 bridgehead atoms. The van der Waals surface area contributed by atoms with Crippen LogP contribution in [0, 0.1) is 0 Å². The van der Waals surface area contributed by atoms with Crippen molar-refractivity contribution in [2.75, 3.05) is 51.3 Å². The Balaban J connectivity index is 1.10. The Morgan fingerprint density at radius 2 is 1.57 bits per heavy atom. The van der Waals surface area contributed by atoms with Crippen molar-refractivity contribution in [2.45, 2.75) is 19.4 Å². The van der Waals surface area contributed by atoms with Crippen LogP contribution in [0.15, 0.2) is 78.9 Å². The molecule has 0 atom stereocenters. The maximum atomic E-state index is 12.4. The van der Waals surface area contributed by atoms with Crippen LogP contribution in [-0.4, -0.2) is 57.2 Å². The minimum Gasteiger partial charge on any atom is -0.495 e. The Hall–Kier alpha value is -3.51. The van der Waals surface area contributed by atoms with Crippen LogP contribution in [0.5, 0.6) is 11.5 Å². The summed E-state index contributed by atoms with van der Waals surface area (Å²) in [5.74, 6) is 1.66. The number of hydrogen-bond donors (Lipinski definition) is 1. The molecule has 3 aromatic carbocycles. The number of carbonyl (C=O) groups is 1. The summed E-state index contributed by atoms with van der Waals surface area (Å²) in [5, 5.41) is 3.03. The molecule has 35 heavy (non-hydrogen) atoms. The summed E-state index contributed by atoms with van der Waals surface area (Å²) < 4.78 is 11.3. The molecule has 1 saturated heterocycles. The lowest BCUT2D eigenvalue weighted by Gasteiger charge is -2.36. The molecular weight excluding hydrogens is 438 g/mol. The van der Waals surface area contributed by atoms with Gasteiger partial charge in [-0.3, -0.25) is 9.69 Å². The van der Waals surface area contributed by atoms with Crippen LogP contribution < -0.4 is 19.7 Å². The molecule has 1 amide bonds. The number of amides is 1. The third kappa shape index (κ3) is 7.23. The molecule has 0 unspecified atom stereocenters. The molecule has 0 aliphatic carbocycles. The lowest BCUT2D eigenvalue weighted by Crippen LogP contribution is -2.46. The molecule has 6 heteroatoms. The zero-order valence-electron chi connectivity index (χ0n) is 20.5. The van der Waals surface area contributed by atoms with Gasteiger partial charge in [0.15, 0.2) is 0 Å². The molecule has 1 aliphatic rings.